The monoisotopic (exact) mass is 324 g/mol. The van der Waals surface area contributed by atoms with E-state index in [1.54, 1.807) is 18.4 Å². The van der Waals surface area contributed by atoms with Gasteiger partial charge in [0.1, 0.15) is 6.10 Å². The van der Waals surface area contributed by atoms with Crippen LogP contribution in [0.5, 0.6) is 0 Å². The van der Waals surface area contributed by atoms with E-state index in [1.807, 2.05) is 22.4 Å². The van der Waals surface area contributed by atoms with E-state index in [2.05, 4.69) is 5.32 Å². The molecule has 1 unspecified atom stereocenters. The van der Waals surface area contributed by atoms with Crippen LogP contribution in [0.2, 0.25) is 0 Å². The number of hydrogen-bond donors (Lipinski definition) is 1. The van der Waals surface area contributed by atoms with Crippen molar-refractivity contribution in [2.75, 3.05) is 26.7 Å². The largest absolute Gasteiger partial charge is 0.374 e. The van der Waals surface area contributed by atoms with Crippen LogP contribution in [-0.2, 0) is 14.3 Å². The van der Waals surface area contributed by atoms with Gasteiger partial charge in [0.25, 0.3) is 0 Å². The maximum Gasteiger partial charge on any atom is 0.222 e. The highest BCUT2D eigenvalue weighted by Crippen LogP contribution is 2.21. The van der Waals surface area contributed by atoms with Gasteiger partial charge in [0, 0.05) is 44.5 Å². The molecule has 2 heterocycles. The smallest absolute Gasteiger partial charge is 0.222 e. The Labute approximate surface area is 135 Å². The number of methoxy groups -OCH3 is 1. The third-order valence-corrected chi connectivity index (χ3v) is 4.87. The second-order valence-electron chi connectivity index (χ2n) is 5.49. The van der Waals surface area contributed by atoms with Gasteiger partial charge >= 0.3 is 0 Å². The molecule has 1 aliphatic heterocycles. The van der Waals surface area contributed by atoms with Crippen LogP contribution in [0.1, 0.15) is 43.1 Å². The molecule has 122 valence electrons. The Bertz CT molecular complexity index is 476. The molecule has 2 amide bonds. The average molecular weight is 324 g/mol. The van der Waals surface area contributed by atoms with Crippen LogP contribution in [0.3, 0.4) is 0 Å². The van der Waals surface area contributed by atoms with Crippen molar-refractivity contribution >= 4 is 23.2 Å². The molecule has 1 atom stereocenters. The zero-order valence-corrected chi connectivity index (χ0v) is 13.9. The Morgan fingerprint density at radius 1 is 1.45 bits per heavy atom. The molecule has 1 aliphatic rings. The quantitative estimate of drug-likeness (QED) is 0.837. The molecule has 0 bridgehead atoms. The molecular formula is C16H24N2O3S. The summed E-state index contributed by atoms with van der Waals surface area (Å²) in [5.74, 6) is 0.148. The molecule has 1 N–H and O–H groups in total. The zero-order chi connectivity index (χ0) is 15.8. The van der Waals surface area contributed by atoms with Crippen molar-refractivity contribution in [3.8, 4) is 0 Å². The molecule has 2 rings (SSSR count). The third-order valence-electron chi connectivity index (χ3n) is 3.91. The van der Waals surface area contributed by atoms with Crippen molar-refractivity contribution in [3.63, 3.8) is 0 Å². The summed E-state index contributed by atoms with van der Waals surface area (Å²) in [5, 5.41) is 4.89. The first-order valence-corrected chi connectivity index (χ1v) is 8.69. The molecular weight excluding hydrogens is 300 g/mol. The van der Waals surface area contributed by atoms with E-state index in [0.717, 1.165) is 30.7 Å². The highest BCUT2D eigenvalue weighted by molar-refractivity contribution is 7.10. The van der Waals surface area contributed by atoms with Crippen LogP contribution in [-0.4, -0.2) is 43.5 Å². The fraction of sp³-hybridized carbons (Fsp3) is 0.625. The molecule has 5 nitrogen and oxygen atoms in total. The van der Waals surface area contributed by atoms with E-state index in [4.69, 9.17) is 4.74 Å². The molecule has 22 heavy (non-hydrogen) atoms. The van der Waals surface area contributed by atoms with E-state index in [0.29, 0.717) is 25.9 Å². The molecule has 0 saturated carbocycles. The Morgan fingerprint density at radius 3 is 3.05 bits per heavy atom. The summed E-state index contributed by atoms with van der Waals surface area (Å²) in [7, 11) is 1.65. The minimum Gasteiger partial charge on any atom is -0.374 e. The summed E-state index contributed by atoms with van der Waals surface area (Å²) < 4.78 is 5.40. The van der Waals surface area contributed by atoms with Gasteiger partial charge < -0.3 is 15.0 Å². The van der Waals surface area contributed by atoms with Crippen molar-refractivity contribution in [1.29, 1.82) is 0 Å². The molecule has 6 heteroatoms. The predicted octanol–water partition coefficient (Wildman–Crippen LogP) is 2.34. The maximum absolute atomic E-state index is 12.0. The van der Waals surface area contributed by atoms with Crippen LogP contribution >= 0.6 is 11.3 Å². The topological polar surface area (TPSA) is 58.6 Å². The van der Waals surface area contributed by atoms with E-state index in [1.165, 1.54) is 0 Å². The first-order valence-electron chi connectivity index (χ1n) is 7.81. The summed E-state index contributed by atoms with van der Waals surface area (Å²) in [4.78, 5) is 26.8. The normalized spacial score (nSPS) is 17.1. The van der Waals surface area contributed by atoms with Gasteiger partial charge in [0.05, 0.1) is 0 Å². The number of thiophene rings is 1. The number of likely N-dealkylation sites (tertiary alicyclic amines) is 1. The Kier molecular flexibility index (Phi) is 6.86. The van der Waals surface area contributed by atoms with Crippen LogP contribution in [0.15, 0.2) is 17.5 Å². The van der Waals surface area contributed by atoms with Gasteiger partial charge in [-0.25, -0.2) is 0 Å². The molecule has 0 aromatic carbocycles. The van der Waals surface area contributed by atoms with Crippen LogP contribution in [0.25, 0.3) is 0 Å². The number of nitrogens with one attached hydrogen (secondary N) is 1. The number of nitrogens with zero attached hydrogens (tertiary/aromatic N) is 1. The first-order chi connectivity index (χ1) is 10.7. The average Bonchev–Trinajstić information content (AvgIpc) is 2.96. The minimum atomic E-state index is -0.108. The lowest BCUT2D eigenvalue weighted by atomic mass is 10.2. The minimum absolute atomic E-state index is 0.0318. The lowest BCUT2D eigenvalue weighted by Gasteiger charge is -2.20. The van der Waals surface area contributed by atoms with Crippen LogP contribution < -0.4 is 5.32 Å². The van der Waals surface area contributed by atoms with Gasteiger partial charge in [-0.2, -0.15) is 0 Å². The van der Waals surface area contributed by atoms with Crippen molar-refractivity contribution in [2.24, 2.45) is 0 Å². The Morgan fingerprint density at radius 2 is 2.32 bits per heavy atom. The number of hydrogen-bond acceptors (Lipinski definition) is 4. The lowest BCUT2D eigenvalue weighted by Crippen LogP contribution is -2.36. The van der Waals surface area contributed by atoms with Gasteiger partial charge in [0.2, 0.25) is 11.8 Å². The summed E-state index contributed by atoms with van der Waals surface area (Å²) in [6, 6.07) is 3.97. The Balaban J connectivity index is 1.72. The van der Waals surface area contributed by atoms with E-state index < -0.39 is 0 Å². The molecule has 1 aromatic rings. The van der Waals surface area contributed by atoms with Crippen molar-refractivity contribution < 1.29 is 14.3 Å². The fourth-order valence-corrected chi connectivity index (χ4v) is 3.38. The van der Waals surface area contributed by atoms with Crippen LogP contribution in [0, 0.1) is 0 Å². The summed E-state index contributed by atoms with van der Waals surface area (Å²) >= 11 is 1.62. The number of carbonyl (C=O) groups excluding carboxylic acids is 2. The van der Waals surface area contributed by atoms with Crippen molar-refractivity contribution in [3.05, 3.63) is 22.4 Å². The third kappa shape index (κ3) is 5.10. The summed E-state index contributed by atoms with van der Waals surface area (Å²) in [5.41, 5.74) is 0. The molecule has 1 aromatic heterocycles. The van der Waals surface area contributed by atoms with Crippen molar-refractivity contribution in [2.45, 2.75) is 38.2 Å². The number of rotatable bonds is 7. The number of amides is 2. The van der Waals surface area contributed by atoms with E-state index in [-0.39, 0.29) is 17.9 Å². The van der Waals surface area contributed by atoms with Gasteiger partial charge in [-0.3, -0.25) is 9.59 Å². The number of ether oxygens (including phenoxy) is 1. The maximum atomic E-state index is 12.0. The van der Waals surface area contributed by atoms with Gasteiger partial charge in [-0.15, -0.1) is 11.3 Å². The Hall–Kier alpha value is -1.40. The number of carbonyl (C=O) groups is 2. The highest BCUT2D eigenvalue weighted by Gasteiger charge is 2.18. The predicted molar refractivity (Wildman–Crippen MR) is 86.7 cm³/mol. The zero-order valence-electron chi connectivity index (χ0n) is 13.0. The second-order valence-corrected chi connectivity index (χ2v) is 6.46. The van der Waals surface area contributed by atoms with E-state index in [9.17, 15) is 9.59 Å². The summed E-state index contributed by atoms with van der Waals surface area (Å²) in [6.07, 6.45) is 3.97. The first kappa shape index (κ1) is 17.0. The fourth-order valence-electron chi connectivity index (χ4n) is 2.58. The van der Waals surface area contributed by atoms with Crippen molar-refractivity contribution in [1.82, 2.24) is 10.2 Å². The van der Waals surface area contributed by atoms with Gasteiger partial charge in [0.15, 0.2) is 0 Å². The van der Waals surface area contributed by atoms with Crippen LogP contribution in [0.4, 0.5) is 0 Å². The second kappa shape index (κ2) is 8.90. The SMILES string of the molecule is COC(CNC(=O)CCN1CCCCCC1=O)c1cccs1. The molecule has 1 saturated heterocycles. The highest BCUT2D eigenvalue weighted by atomic mass is 32.1. The molecule has 0 radical (unpaired) electrons. The molecule has 0 aliphatic carbocycles. The van der Waals surface area contributed by atoms with Gasteiger partial charge in [-0.1, -0.05) is 12.5 Å². The molecule has 0 spiro atoms. The standard InChI is InChI=1S/C16H24N2O3S/c1-21-13(14-6-5-11-22-14)12-17-15(19)8-10-18-9-4-2-3-7-16(18)20/h5-6,11,13H,2-4,7-10,12H2,1H3,(H,17,19). The lowest BCUT2D eigenvalue weighted by molar-refractivity contribution is -0.131. The molecule has 1 fully saturated rings. The summed E-state index contributed by atoms with van der Waals surface area (Å²) in [6.45, 7) is 1.76. The van der Waals surface area contributed by atoms with E-state index >= 15 is 0 Å². The van der Waals surface area contributed by atoms with Gasteiger partial charge in [-0.05, 0) is 24.3 Å².